The molecule has 0 bridgehead atoms. The molecule has 0 amide bonds. The van der Waals surface area contributed by atoms with E-state index in [0.717, 1.165) is 19.6 Å². The van der Waals surface area contributed by atoms with Crippen LogP contribution in [0.1, 0.15) is 50.6 Å². The van der Waals surface area contributed by atoms with Crippen molar-refractivity contribution in [2.75, 3.05) is 13.1 Å². The molecule has 0 saturated carbocycles. The van der Waals surface area contributed by atoms with E-state index in [1.54, 1.807) is 0 Å². The largest absolute Gasteiger partial charge is 0.316 e. The van der Waals surface area contributed by atoms with Crippen LogP contribution >= 0.6 is 0 Å². The van der Waals surface area contributed by atoms with Gasteiger partial charge in [-0.15, -0.1) is 0 Å². The second kappa shape index (κ2) is 6.40. The molecule has 1 fully saturated rings. The highest BCUT2D eigenvalue weighted by molar-refractivity contribution is 5.82. The zero-order chi connectivity index (χ0) is 13.8. The molecular weight excluding hydrogens is 246 g/mol. The van der Waals surface area contributed by atoms with Crippen molar-refractivity contribution in [1.82, 2.24) is 15.1 Å². The molecule has 3 heteroatoms. The normalized spacial score (nSPS) is 19.6. The van der Waals surface area contributed by atoms with Crippen molar-refractivity contribution in [3.63, 3.8) is 0 Å². The van der Waals surface area contributed by atoms with Crippen LogP contribution in [0.3, 0.4) is 0 Å². The molecule has 1 aromatic carbocycles. The lowest BCUT2D eigenvalue weighted by Gasteiger charge is -2.21. The predicted octanol–water partition coefficient (Wildman–Crippen LogP) is 3.69. The Morgan fingerprint density at radius 2 is 2.20 bits per heavy atom. The second-order valence-corrected chi connectivity index (χ2v) is 5.88. The smallest absolute Gasteiger partial charge is 0.0746 e. The first-order chi connectivity index (χ1) is 9.90. The average molecular weight is 271 g/mol. The first-order valence-corrected chi connectivity index (χ1v) is 8.06. The van der Waals surface area contributed by atoms with Gasteiger partial charge in [0.1, 0.15) is 0 Å². The summed E-state index contributed by atoms with van der Waals surface area (Å²) in [5.74, 6) is 0.584. The number of aromatic nitrogens is 2. The molecule has 3 nitrogen and oxygen atoms in total. The number of nitrogens with zero attached hydrogens (tertiary/aromatic N) is 2. The van der Waals surface area contributed by atoms with E-state index in [0.29, 0.717) is 5.92 Å². The van der Waals surface area contributed by atoms with Crippen molar-refractivity contribution in [2.24, 2.45) is 0 Å². The topological polar surface area (TPSA) is 29.9 Å². The number of benzene rings is 1. The molecule has 0 aliphatic carbocycles. The maximum atomic E-state index is 4.96. The van der Waals surface area contributed by atoms with E-state index in [4.69, 9.17) is 5.10 Å². The van der Waals surface area contributed by atoms with E-state index >= 15 is 0 Å². The Kier molecular flexibility index (Phi) is 4.36. The molecule has 1 N–H and O–H groups in total. The van der Waals surface area contributed by atoms with Crippen molar-refractivity contribution in [3.8, 4) is 0 Å². The molecule has 2 aromatic rings. The number of rotatable bonds is 5. The second-order valence-electron chi connectivity index (χ2n) is 5.88. The van der Waals surface area contributed by atoms with Gasteiger partial charge in [-0.1, -0.05) is 38.0 Å². The number of fused-ring (bicyclic) bond motifs is 1. The van der Waals surface area contributed by atoms with Gasteiger partial charge in [-0.3, -0.25) is 4.68 Å². The molecule has 108 valence electrons. The minimum absolute atomic E-state index is 0.584. The van der Waals surface area contributed by atoms with Crippen LogP contribution in [0.15, 0.2) is 24.3 Å². The Bertz CT molecular complexity index is 552. The minimum atomic E-state index is 0.584. The van der Waals surface area contributed by atoms with Gasteiger partial charge in [-0.25, -0.2) is 0 Å². The van der Waals surface area contributed by atoms with Gasteiger partial charge in [0, 0.05) is 24.4 Å². The third kappa shape index (κ3) is 2.73. The molecule has 20 heavy (non-hydrogen) atoms. The van der Waals surface area contributed by atoms with E-state index < -0.39 is 0 Å². The van der Waals surface area contributed by atoms with Crippen LogP contribution in [0.5, 0.6) is 0 Å². The Hall–Kier alpha value is -1.35. The first kappa shape index (κ1) is 13.6. The number of nitrogens with one attached hydrogen (secondary N) is 1. The standard InChI is InChI=1S/C17H25N3/c1-2-3-6-12-20-16-10-5-4-9-15(16)17(19-20)14-8-7-11-18-13-14/h4-5,9-10,14,18H,2-3,6-8,11-13H2,1H3. The van der Waals surface area contributed by atoms with Crippen LogP contribution in [0.2, 0.25) is 0 Å². The van der Waals surface area contributed by atoms with Gasteiger partial charge in [0.2, 0.25) is 0 Å². The number of aryl methyl sites for hydroxylation is 1. The minimum Gasteiger partial charge on any atom is -0.316 e. The van der Waals surface area contributed by atoms with Crippen molar-refractivity contribution in [2.45, 2.75) is 51.5 Å². The Balaban J connectivity index is 1.91. The quantitative estimate of drug-likeness (QED) is 0.840. The van der Waals surface area contributed by atoms with E-state index in [-0.39, 0.29) is 0 Å². The fourth-order valence-corrected chi connectivity index (χ4v) is 3.22. The molecule has 1 aromatic heterocycles. The zero-order valence-corrected chi connectivity index (χ0v) is 12.4. The van der Waals surface area contributed by atoms with Gasteiger partial charge >= 0.3 is 0 Å². The van der Waals surface area contributed by atoms with Crippen LogP contribution in [0.25, 0.3) is 10.9 Å². The monoisotopic (exact) mass is 271 g/mol. The molecule has 3 rings (SSSR count). The van der Waals surface area contributed by atoms with Gasteiger partial charge in [-0.05, 0) is 31.9 Å². The third-order valence-electron chi connectivity index (χ3n) is 4.34. The van der Waals surface area contributed by atoms with Crippen LogP contribution in [-0.2, 0) is 6.54 Å². The molecule has 1 aliphatic rings. The SMILES string of the molecule is CCCCCn1nc(C2CCCNC2)c2ccccc21. The summed E-state index contributed by atoms with van der Waals surface area (Å²) in [6.45, 7) is 5.54. The van der Waals surface area contributed by atoms with Crippen LogP contribution in [-0.4, -0.2) is 22.9 Å². The van der Waals surface area contributed by atoms with Gasteiger partial charge in [0.25, 0.3) is 0 Å². The summed E-state index contributed by atoms with van der Waals surface area (Å²) in [5, 5.41) is 9.83. The number of para-hydroxylation sites is 1. The van der Waals surface area contributed by atoms with Gasteiger partial charge < -0.3 is 5.32 Å². The molecule has 1 unspecified atom stereocenters. The van der Waals surface area contributed by atoms with Crippen LogP contribution < -0.4 is 5.32 Å². The lowest BCUT2D eigenvalue weighted by molar-refractivity contribution is 0.449. The Morgan fingerprint density at radius 1 is 1.30 bits per heavy atom. The fraction of sp³-hybridized carbons (Fsp3) is 0.588. The molecule has 1 aliphatic heterocycles. The molecular formula is C17H25N3. The third-order valence-corrected chi connectivity index (χ3v) is 4.34. The molecule has 1 atom stereocenters. The molecule has 0 radical (unpaired) electrons. The van der Waals surface area contributed by atoms with Crippen molar-refractivity contribution in [3.05, 3.63) is 30.0 Å². The maximum Gasteiger partial charge on any atom is 0.0746 e. The summed E-state index contributed by atoms with van der Waals surface area (Å²) >= 11 is 0. The summed E-state index contributed by atoms with van der Waals surface area (Å²) in [6, 6.07) is 8.72. The number of piperidine rings is 1. The fourth-order valence-electron chi connectivity index (χ4n) is 3.22. The van der Waals surface area contributed by atoms with Crippen LogP contribution in [0.4, 0.5) is 0 Å². The van der Waals surface area contributed by atoms with Crippen molar-refractivity contribution in [1.29, 1.82) is 0 Å². The lowest BCUT2D eigenvalue weighted by Crippen LogP contribution is -2.28. The molecule has 0 spiro atoms. The average Bonchev–Trinajstić information content (AvgIpc) is 2.88. The van der Waals surface area contributed by atoms with Gasteiger partial charge in [-0.2, -0.15) is 5.10 Å². The first-order valence-electron chi connectivity index (χ1n) is 8.06. The van der Waals surface area contributed by atoms with E-state index in [1.165, 1.54) is 48.7 Å². The summed E-state index contributed by atoms with van der Waals surface area (Å²) < 4.78 is 2.23. The Labute approximate surface area is 121 Å². The molecule has 1 saturated heterocycles. The highest BCUT2D eigenvalue weighted by atomic mass is 15.3. The zero-order valence-electron chi connectivity index (χ0n) is 12.4. The van der Waals surface area contributed by atoms with Gasteiger partial charge in [0.15, 0.2) is 0 Å². The lowest BCUT2D eigenvalue weighted by atomic mass is 9.94. The highest BCUT2D eigenvalue weighted by Gasteiger charge is 2.21. The Morgan fingerprint density at radius 3 is 3.00 bits per heavy atom. The van der Waals surface area contributed by atoms with E-state index in [9.17, 15) is 0 Å². The van der Waals surface area contributed by atoms with Crippen molar-refractivity contribution < 1.29 is 0 Å². The number of hydrogen-bond acceptors (Lipinski definition) is 2. The molecule has 2 heterocycles. The van der Waals surface area contributed by atoms with Crippen LogP contribution in [0, 0.1) is 0 Å². The summed E-state index contributed by atoms with van der Waals surface area (Å²) in [7, 11) is 0. The van der Waals surface area contributed by atoms with E-state index in [1.807, 2.05) is 0 Å². The number of hydrogen-bond donors (Lipinski definition) is 1. The van der Waals surface area contributed by atoms with E-state index in [2.05, 4.69) is 41.2 Å². The van der Waals surface area contributed by atoms with Gasteiger partial charge in [0.05, 0.1) is 11.2 Å². The summed E-state index contributed by atoms with van der Waals surface area (Å²) in [5.41, 5.74) is 2.62. The maximum absolute atomic E-state index is 4.96. The summed E-state index contributed by atoms with van der Waals surface area (Å²) in [6.07, 6.45) is 6.31. The van der Waals surface area contributed by atoms with Crippen molar-refractivity contribution >= 4 is 10.9 Å². The number of unbranched alkanes of at least 4 members (excludes halogenated alkanes) is 2. The summed E-state index contributed by atoms with van der Waals surface area (Å²) in [4.78, 5) is 0. The highest BCUT2D eigenvalue weighted by Crippen LogP contribution is 2.29. The predicted molar refractivity (Wildman–Crippen MR) is 84.1 cm³/mol.